The summed E-state index contributed by atoms with van der Waals surface area (Å²) >= 11 is 3.34. The molecule has 162 valence electrons. The SMILES string of the molecule is O=C(Nc1nnc(-c2ccc(Br)cc2)o1)c1ccc(NS(=O)(=O)c2ccc(F)cc2)cc1. The van der Waals surface area contributed by atoms with Gasteiger partial charge in [-0.25, -0.2) is 12.8 Å². The number of sulfonamides is 1. The molecule has 0 aliphatic rings. The predicted molar refractivity (Wildman–Crippen MR) is 119 cm³/mol. The molecule has 0 atom stereocenters. The highest BCUT2D eigenvalue weighted by Gasteiger charge is 2.16. The Morgan fingerprint density at radius 2 is 1.56 bits per heavy atom. The maximum atomic E-state index is 13.0. The van der Waals surface area contributed by atoms with E-state index in [0.29, 0.717) is 5.56 Å². The number of nitrogens with zero attached hydrogens (tertiary/aromatic N) is 2. The first-order chi connectivity index (χ1) is 15.3. The topological polar surface area (TPSA) is 114 Å². The van der Waals surface area contributed by atoms with Crippen LogP contribution in [-0.4, -0.2) is 24.5 Å². The third-order valence-corrected chi connectivity index (χ3v) is 6.19. The Balaban J connectivity index is 1.42. The fourth-order valence-electron chi connectivity index (χ4n) is 2.67. The summed E-state index contributed by atoms with van der Waals surface area (Å²) in [6.07, 6.45) is 0. The summed E-state index contributed by atoms with van der Waals surface area (Å²) in [6, 6.07) is 17.3. The van der Waals surface area contributed by atoms with Crippen LogP contribution in [0.15, 0.2) is 86.6 Å². The minimum absolute atomic E-state index is 0.0750. The molecule has 32 heavy (non-hydrogen) atoms. The Labute approximate surface area is 190 Å². The number of halogens is 2. The monoisotopic (exact) mass is 516 g/mol. The number of carbonyl (C=O) groups is 1. The van der Waals surface area contributed by atoms with E-state index in [1.807, 2.05) is 12.1 Å². The van der Waals surface area contributed by atoms with E-state index in [0.717, 1.165) is 28.7 Å². The van der Waals surface area contributed by atoms with Crippen molar-refractivity contribution in [2.24, 2.45) is 0 Å². The van der Waals surface area contributed by atoms with Crippen LogP contribution in [0.2, 0.25) is 0 Å². The van der Waals surface area contributed by atoms with Gasteiger partial charge in [-0.2, -0.15) is 0 Å². The van der Waals surface area contributed by atoms with E-state index in [4.69, 9.17) is 4.42 Å². The van der Waals surface area contributed by atoms with Gasteiger partial charge in [0.1, 0.15) is 5.82 Å². The molecule has 0 aliphatic heterocycles. The highest BCUT2D eigenvalue weighted by atomic mass is 79.9. The summed E-state index contributed by atoms with van der Waals surface area (Å²) in [5, 5.41) is 10.2. The van der Waals surface area contributed by atoms with Crippen molar-refractivity contribution in [1.82, 2.24) is 10.2 Å². The van der Waals surface area contributed by atoms with Crippen LogP contribution < -0.4 is 10.0 Å². The van der Waals surface area contributed by atoms with Crippen molar-refractivity contribution in [2.75, 3.05) is 10.0 Å². The zero-order chi connectivity index (χ0) is 22.7. The Morgan fingerprint density at radius 3 is 2.22 bits per heavy atom. The summed E-state index contributed by atoms with van der Waals surface area (Å²) in [5.41, 5.74) is 1.18. The lowest BCUT2D eigenvalue weighted by molar-refractivity contribution is 0.102. The minimum atomic E-state index is -3.89. The van der Waals surface area contributed by atoms with Crippen molar-refractivity contribution in [2.45, 2.75) is 4.90 Å². The van der Waals surface area contributed by atoms with Gasteiger partial charge < -0.3 is 4.42 Å². The van der Waals surface area contributed by atoms with Crippen LogP contribution in [0.1, 0.15) is 10.4 Å². The molecule has 0 saturated heterocycles. The minimum Gasteiger partial charge on any atom is -0.403 e. The van der Waals surface area contributed by atoms with Gasteiger partial charge in [0, 0.05) is 21.3 Å². The molecule has 0 aliphatic carbocycles. The van der Waals surface area contributed by atoms with Gasteiger partial charge in [0.15, 0.2) is 0 Å². The van der Waals surface area contributed by atoms with Gasteiger partial charge in [0.2, 0.25) is 5.89 Å². The maximum Gasteiger partial charge on any atom is 0.322 e. The van der Waals surface area contributed by atoms with Gasteiger partial charge in [-0.05, 0) is 72.8 Å². The maximum absolute atomic E-state index is 13.0. The first kappa shape index (κ1) is 21.7. The molecule has 0 unspecified atom stereocenters. The molecule has 2 N–H and O–H groups in total. The van der Waals surface area contributed by atoms with Gasteiger partial charge >= 0.3 is 6.01 Å². The lowest BCUT2D eigenvalue weighted by Crippen LogP contribution is -2.14. The lowest BCUT2D eigenvalue weighted by Gasteiger charge is -2.08. The lowest BCUT2D eigenvalue weighted by atomic mass is 10.2. The number of hydrogen-bond acceptors (Lipinski definition) is 6. The number of carbonyl (C=O) groups excluding carboxylic acids is 1. The van der Waals surface area contributed by atoms with Crippen molar-refractivity contribution >= 4 is 43.6 Å². The number of anilines is 2. The third-order valence-electron chi connectivity index (χ3n) is 4.26. The van der Waals surface area contributed by atoms with Crippen LogP contribution in [0, 0.1) is 5.82 Å². The molecule has 3 aromatic carbocycles. The Morgan fingerprint density at radius 1 is 0.906 bits per heavy atom. The zero-order valence-corrected chi connectivity index (χ0v) is 18.5. The second kappa shape index (κ2) is 8.89. The van der Waals surface area contributed by atoms with E-state index in [2.05, 4.69) is 36.2 Å². The first-order valence-electron chi connectivity index (χ1n) is 9.09. The van der Waals surface area contributed by atoms with E-state index >= 15 is 0 Å². The number of hydrogen-bond donors (Lipinski definition) is 2. The summed E-state index contributed by atoms with van der Waals surface area (Å²) in [6.45, 7) is 0. The molecule has 1 aromatic heterocycles. The van der Waals surface area contributed by atoms with Gasteiger partial charge in [-0.1, -0.05) is 21.0 Å². The van der Waals surface area contributed by atoms with Crippen LogP contribution in [-0.2, 0) is 10.0 Å². The first-order valence-corrected chi connectivity index (χ1v) is 11.4. The van der Waals surface area contributed by atoms with Crippen molar-refractivity contribution in [3.63, 3.8) is 0 Å². The quantitative estimate of drug-likeness (QED) is 0.384. The summed E-state index contributed by atoms with van der Waals surface area (Å²) < 4.78 is 46.5. The van der Waals surface area contributed by atoms with Crippen LogP contribution in [0.5, 0.6) is 0 Å². The highest BCUT2D eigenvalue weighted by molar-refractivity contribution is 9.10. The van der Waals surface area contributed by atoms with Gasteiger partial charge in [-0.15, -0.1) is 5.10 Å². The molecular formula is C21H14BrFN4O4S. The normalized spacial score (nSPS) is 11.2. The van der Waals surface area contributed by atoms with Crippen LogP contribution in [0.3, 0.4) is 0 Å². The molecule has 1 amide bonds. The molecule has 4 aromatic rings. The summed E-state index contributed by atoms with van der Waals surface area (Å²) in [4.78, 5) is 12.4. The van der Waals surface area contributed by atoms with E-state index in [1.54, 1.807) is 12.1 Å². The van der Waals surface area contributed by atoms with Crippen LogP contribution >= 0.6 is 15.9 Å². The Hall–Kier alpha value is -3.57. The van der Waals surface area contributed by atoms with Gasteiger partial charge in [0.25, 0.3) is 15.9 Å². The standard InChI is InChI=1S/C21H14BrFN4O4S/c22-15-5-1-14(2-6-15)20-25-26-21(31-20)24-19(28)13-3-9-17(10-4-13)27-32(29,30)18-11-7-16(23)8-12-18/h1-12,27H,(H,24,26,28). The Bertz CT molecular complexity index is 1360. The van der Waals surface area contributed by atoms with Crippen LogP contribution in [0.25, 0.3) is 11.5 Å². The number of rotatable bonds is 6. The van der Waals surface area contributed by atoms with Gasteiger partial charge in [0.05, 0.1) is 4.90 Å². The molecule has 0 radical (unpaired) electrons. The smallest absolute Gasteiger partial charge is 0.322 e. The zero-order valence-electron chi connectivity index (χ0n) is 16.1. The van der Waals surface area contributed by atoms with E-state index in [-0.39, 0.29) is 28.1 Å². The molecular weight excluding hydrogens is 503 g/mol. The number of amides is 1. The number of benzene rings is 3. The highest BCUT2D eigenvalue weighted by Crippen LogP contribution is 2.22. The predicted octanol–water partition coefficient (Wildman–Crippen LogP) is 4.69. The molecule has 0 spiro atoms. The largest absolute Gasteiger partial charge is 0.403 e. The van der Waals surface area contributed by atoms with Crippen molar-refractivity contribution in [3.05, 3.63) is 88.6 Å². The fraction of sp³-hybridized carbons (Fsp3) is 0. The summed E-state index contributed by atoms with van der Waals surface area (Å²) in [5.74, 6) is -0.799. The van der Waals surface area contributed by atoms with E-state index in [9.17, 15) is 17.6 Å². The average molecular weight is 517 g/mol. The average Bonchev–Trinajstić information content (AvgIpc) is 3.23. The molecule has 4 rings (SSSR count). The number of aromatic nitrogens is 2. The van der Waals surface area contributed by atoms with E-state index < -0.39 is 21.7 Å². The molecule has 0 fully saturated rings. The van der Waals surface area contributed by atoms with Crippen molar-refractivity contribution in [3.8, 4) is 11.5 Å². The molecule has 0 bridgehead atoms. The number of nitrogens with one attached hydrogen (secondary N) is 2. The molecule has 11 heteroatoms. The molecule has 1 heterocycles. The van der Waals surface area contributed by atoms with Gasteiger partial charge in [-0.3, -0.25) is 14.8 Å². The van der Waals surface area contributed by atoms with Crippen LogP contribution in [0.4, 0.5) is 16.1 Å². The van der Waals surface area contributed by atoms with Crippen molar-refractivity contribution < 1.29 is 22.0 Å². The fourth-order valence-corrected chi connectivity index (χ4v) is 3.99. The Kier molecular flexibility index (Phi) is 6.01. The molecule has 8 nitrogen and oxygen atoms in total. The molecule has 0 saturated carbocycles. The summed E-state index contributed by atoms with van der Waals surface area (Å²) in [7, 11) is -3.89. The van der Waals surface area contributed by atoms with E-state index in [1.165, 1.54) is 24.3 Å². The van der Waals surface area contributed by atoms with Crippen molar-refractivity contribution in [1.29, 1.82) is 0 Å². The third kappa shape index (κ3) is 5.01. The second-order valence-electron chi connectivity index (χ2n) is 6.51. The second-order valence-corrected chi connectivity index (χ2v) is 9.11.